The van der Waals surface area contributed by atoms with E-state index in [1.807, 2.05) is 33.8 Å². The SMILES string of the molecule is CC(C)OC(=O)c1cc(C#Cc2ccc(CC(=O)O)cc2)cc2c1OC(C)(C)CC2(C)C. The average molecular weight is 435 g/mol. The van der Waals surface area contributed by atoms with Crippen molar-refractivity contribution in [2.75, 3.05) is 0 Å². The number of fused-ring (bicyclic) bond motifs is 1. The number of esters is 1. The largest absolute Gasteiger partial charge is 0.487 e. The average Bonchev–Trinajstić information content (AvgIpc) is 2.65. The number of carboxylic acids is 1. The number of carbonyl (C=O) groups excluding carboxylic acids is 1. The van der Waals surface area contributed by atoms with Gasteiger partial charge in [-0.15, -0.1) is 0 Å². The fraction of sp³-hybridized carbons (Fsp3) is 0.407. The molecule has 0 unspecified atom stereocenters. The van der Waals surface area contributed by atoms with Gasteiger partial charge in [-0.1, -0.05) is 37.8 Å². The van der Waals surface area contributed by atoms with Crippen LogP contribution in [0.4, 0.5) is 0 Å². The van der Waals surface area contributed by atoms with E-state index < -0.39 is 17.5 Å². The van der Waals surface area contributed by atoms with Crippen LogP contribution in [0.15, 0.2) is 36.4 Å². The van der Waals surface area contributed by atoms with E-state index in [1.54, 1.807) is 30.3 Å². The molecule has 168 valence electrons. The topological polar surface area (TPSA) is 72.8 Å². The lowest BCUT2D eigenvalue weighted by molar-refractivity contribution is -0.136. The Hall–Kier alpha value is -3.26. The Bertz CT molecular complexity index is 1100. The Morgan fingerprint density at radius 3 is 2.28 bits per heavy atom. The van der Waals surface area contributed by atoms with Crippen LogP contribution in [0.5, 0.6) is 5.75 Å². The molecule has 32 heavy (non-hydrogen) atoms. The zero-order valence-electron chi connectivity index (χ0n) is 19.5. The second-order valence-electron chi connectivity index (χ2n) is 9.79. The third-order valence-corrected chi connectivity index (χ3v) is 5.29. The first kappa shape index (κ1) is 23.4. The number of ether oxygens (including phenoxy) is 2. The van der Waals surface area contributed by atoms with Crippen LogP contribution in [0, 0.1) is 11.8 Å². The van der Waals surface area contributed by atoms with Gasteiger partial charge in [-0.05, 0) is 69.4 Å². The van der Waals surface area contributed by atoms with Gasteiger partial charge in [0.2, 0.25) is 0 Å². The molecule has 0 aromatic heterocycles. The maximum Gasteiger partial charge on any atom is 0.342 e. The van der Waals surface area contributed by atoms with Gasteiger partial charge in [0.05, 0.1) is 12.5 Å². The smallest absolute Gasteiger partial charge is 0.342 e. The zero-order valence-corrected chi connectivity index (χ0v) is 19.5. The standard InChI is InChI=1S/C27H30O5/c1-17(2)31-25(30)21-13-20(12-9-18-7-10-19(11-8-18)15-23(28)29)14-22-24(21)32-27(5,6)16-26(22,3)4/h7-8,10-11,13-14,17H,15-16H2,1-6H3,(H,28,29). The molecule has 0 atom stereocenters. The highest BCUT2D eigenvalue weighted by molar-refractivity contribution is 5.94. The molecule has 0 spiro atoms. The molecule has 0 fully saturated rings. The zero-order chi connectivity index (χ0) is 23.7. The van der Waals surface area contributed by atoms with Crippen molar-refractivity contribution in [2.24, 2.45) is 0 Å². The van der Waals surface area contributed by atoms with Crippen LogP contribution in [0.25, 0.3) is 0 Å². The van der Waals surface area contributed by atoms with Crippen LogP contribution in [0.2, 0.25) is 0 Å². The Kier molecular flexibility index (Phi) is 6.37. The predicted molar refractivity (Wildman–Crippen MR) is 123 cm³/mol. The lowest BCUT2D eigenvalue weighted by Gasteiger charge is -2.43. The van der Waals surface area contributed by atoms with Crippen molar-refractivity contribution < 1.29 is 24.2 Å². The Labute approximate surface area is 189 Å². The lowest BCUT2D eigenvalue weighted by Crippen LogP contribution is -2.42. The summed E-state index contributed by atoms with van der Waals surface area (Å²) in [4.78, 5) is 23.8. The summed E-state index contributed by atoms with van der Waals surface area (Å²) in [5.74, 6) is 5.53. The number of hydrogen-bond acceptors (Lipinski definition) is 4. The highest BCUT2D eigenvalue weighted by atomic mass is 16.5. The van der Waals surface area contributed by atoms with Crippen molar-refractivity contribution in [3.05, 3.63) is 64.2 Å². The summed E-state index contributed by atoms with van der Waals surface area (Å²) >= 11 is 0. The molecule has 0 radical (unpaired) electrons. The highest BCUT2D eigenvalue weighted by Crippen LogP contribution is 2.46. The summed E-state index contributed by atoms with van der Waals surface area (Å²) in [6.45, 7) is 12.0. The van der Waals surface area contributed by atoms with Gasteiger partial charge in [0.25, 0.3) is 0 Å². The first-order valence-corrected chi connectivity index (χ1v) is 10.8. The lowest BCUT2D eigenvalue weighted by atomic mass is 9.72. The van der Waals surface area contributed by atoms with Crippen molar-refractivity contribution in [1.82, 2.24) is 0 Å². The first-order chi connectivity index (χ1) is 14.9. The number of benzene rings is 2. The molecule has 0 saturated heterocycles. The summed E-state index contributed by atoms with van der Waals surface area (Å²) < 4.78 is 11.7. The molecule has 5 nitrogen and oxygen atoms in total. The van der Waals surface area contributed by atoms with Gasteiger partial charge in [-0.2, -0.15) is 0 Å². The van der Waals surface area contributed by atoms with Gasteiger partial charge in [0.15, 0.2) is 0 Å². The van der Waals surface area contributed by atoms with Crippen LogP contribution in [-0.4, -0.2) is 28.8 Å². The number of hydrogen-bond donors (Lipinski definition) is 1. The molecule has 0 aliphatic carbocycles. The summed E-state index contributed by atoms with van der Waals surface area (Å²) in [5.41, 5.74) is 2.89. The molecule has 3 rings (SSSR count). The monoisotopic (exact) mass is 434 g/mol. The Balaban J connectivity index is 2.04. The van der Waals surface area contributed by atoms with Crippen molar-refractivity contribution in [1.29, 1.82) is 0 Å². The maximum atomic E-state index is 12.9. The molecule has 2 aromatic rings. The molecule has 1 aliphatic heterocycles. The van der Waals surface area contributed by atoms with Gasteiger partial charge >= 0.3 is 11.9 Å². The predicted octanol–water partition coefficient (Wildman–Crippen LogP) is 5.12. The Morgan fingerprint density at radius 1 is 1.06 bits per heavy atom. The molecular formula is C27H30O5. The van der Waals surface area contributed by atoms with Crippen LogP contribution >= 0.6 is 0 Å². The number of rotatable bonds is 4. The minimum absolute atomic E-state index is 0.0225. The molecule has 1 N–H and O–H groups in total. The fourth-order valence-corrected chi connectivity index (χ4v) is 4.24. The van der Waals surface area contributed by atoms with Gasteiger partial charge in [0, 0.05) is 16.7 Å². The highest BCUT2D eigenvalue weighted by Gasteiger charge is 2.41. The second kappa shape index (κ2) is 8.70. The van der Waals surface area contributed by atoms with Crippen molar-refractivity contribution in [3.8, 4) is 17.6 Å². The first-order valence-electron chi connectivity index (χ1n) is 10.8. The Morgan fingerprint density at radius 2 is 1.69 bits per heavy atom. The van der Waals surface area contributed by atoms with E-state index in [4.69, 9.17) is 14.6 Å². The van der Waals surface area contributed by atoms with Crippen LogP contribution in [0.1, 0.15) is 80.6 Å². The molecule has 2 aromatic carbocycles. The molecule has 1 aliphatic rings. The van der Waals surface area contributed by atoms with Crippen LogP contribution in [-0.2, 0) is 21.4 Å². The minimum atomic E-state index is -0.869. The van der Waals surface area contributed by atoms with Crippen molar-refractivity contribution in [2.45, 2.75) is 71.5 Å². The molecule has 0 bridgehead atoms. The quantitative estimate of drug-likeness (QED) is 0.534. The van der Waals surface area contributed by atoms with Crippen LogP contribution < -0.4 is 4.74 Å². The van der Waals surface area contributed by atoms with E-state index in [9.17, 15) is 9.59 Å². The van der Waals surface area contributed by atoms with Gasteiger partial charge in [0.1, 0.15) is 16.9 Å². The molecule has 0 saturated carbocycles. The fourth-order valence-electron chi connectivity index (χ4n) is 4.24. The number of carboxylic acid groups (broad SMARTS) is 1. The second-order valence-corrected chi connectivity index (χ2v) is 9.79. The number of aliphatic carboxylic acids is 1. The third-order valence-electron chi connectivity index (χ3n) is 5.29. The van der Waals surface area contributed by atoms with E-state index in [0.717, 1.165) is 23.1 Å². The normalized spacial score (nSPS) is 15.7. The van der Waals surface area contributed by atoms with Crippen molar-refractivity contribution >= 4 is 11.9 Å². The summed E-state index contributed by atoms with van der Waals surface area (Å²) in [5, 5.41) is 8.91. The number of carbonyl (C=O) groups is 2. The summed E-state index contributed by atoms with van der Waals surface area (Å²) in [7, 11) is 0. The molecule has 1 heterocycles. The van der Waals surface area contributed by atoms with E-state index in [-0.39, 0.29) is 17.9 Å². The third kappa shape index (κ3) is 5.50. The molecule has 5 heteroatoms. The maximum absolute atomic E-state index is 12.9. The van der Waals surface area contributed by atoms with Gasteiger partial charge in [-0.25, -0.2) is 4.79 Å². The molecular weight excluding hydrogens is 404 g/mol. The van der Waals surface area contributed by atoms with E-state index in [1.165, 1.54) is 0 Å². The van der Waals surface area contributed by atoms with Crippen LogP contribution in [0.3, 0.4) is 0 Å². The van der Waals surface area contributed by atoms with E-state index in [0.29, 0.717) is 16.9 Å². The minimum Gasteiger partial charge on any atom is -0.487 e. The summed E-state index contributed by atoms with van der Waals surface area (Å²) in [6, 6.07) is 10.8. The molecule has 0 amide bonds. The van der Waals surface area contributed by atoms with Crippen molar-refractivity contribution in [3.63, 3.8) is 0 Å². The summed E-state index contributed by atoms with van der Waals surface area (Å²) in [6.07, 6.45) is 0.528. The van der Waals surface area contributed by atoms with Gasteiger partial charge < -0.3 is 14.6 Å². The van der Waals surface area contributed by atoms with Gasteiger partial charge in [-0.3, -0.25) is 4.79 Å². The van der Waals surface area contributed by atoms with E-state index >= 15 is 0 Å². The van der Waals surface area contributed by atoms with E-state index in [2.05, 4.69) is 25.7 Å².